The average molecular weight is 964 g/mol. The summed E-state index contributed by atoms with van der Waals surface area (Å²) in [6.07, 6.45) is -1.35. The second-order valence-electron chi connectivity index (χ2n) is 20.0. The van der Waals surface area contributed by atoms with E-state index in [9.17, 15) is 29.1 Å². The van der Waals surface area contributed by atoms with E-state index in [0.717, 1.165) is 27.9 Å². The number of carbonyl (C=O) groups is 6. The third kappa shape index (κ3) is 15.5. The predicted octanol–water partition coefficient (Wildman–Crippen LogP) is 6.55. The van der Waals surface area contributed by atoms with Crippen LogP contribution in [0.15, 0.2) is 109 Å². The molecular formula is C53H69N7O10. The molecule has 1 aliphatic rings. The molecule has 6 atom stereocenters. The van der Waals surface area contributed by atoms with Crippen molar-refractivity contribution in [3.05, 3.63) is 126 Å². The van der Waals surface area contributed by atoms with Crippen molar-refractivity contribution in [2.24, 2.45) is 10.8 Å². The van der Waals surface area contributed by atoms with Crippen molar-refractivity contribution < 1.29 is 48.1 Å². The lowest BCUT2D eigenvalue weighted by Gasteiger charge is -2.39. The molecule has 5 rings (SSSR count). The number of rotatable bonds is 21. The number of ether oxygens (including phenoxy) is 3. The first-order chi connectivity index (χ1) is 33.1. The standard InChI is InChI=1S/C53H69N7O10/c1-52(2,3)44(57-49(65)68-9)46(61)55-39(30-36-23-25-38(26-24-36)40-22-16-17-27-54-40)32-43(70-51(67)69-34-42(48(63)64)58(7)8)41(31-35-18-12-10-13-19-35)56-47(62)45(53(4,5)6)60-29-28-59(50(60)66)33-37-20-14-11-15-21-37/h10-27,39,41-45H,28-34H2,1-9H3,(H,55,61)(H,56,62)(H,57,65)(H,63,64)/t39-,41?,42-,43-,44+,45+/m0/s1. The summed E-state index contributed by atoms with van der Waals surface area (Å²) >= 11 is 0. The molecule has 70 heavy (non-hydrogen) atoms. The Labute approximate surface area is 411 Å². The molecule has 0 saturated carbocycles. The van der Waals surface area contributed by atoms with Gasteiger partial charge in [0.2, 0.25) is 11.8 Å². The van der Waals surface area contributed by atoms with Gasteiger partial charge in [0.1, 0.15) is 30.8 Å². The summed E-state index contributed by atoms with van der Waals surface area (Å²) in [6, 6.07) is 26.7. The zero-order valence-electron chi connectivity index (χ0n) is 41.7. The zero-order chi connectivity index (χ0) is 51.2. The maximum atomic E-state index is 15.1. The van der Waals surface area contributed by atoms with Gasteiger partial charge in [-0.25, -0.2) is 14.4 Å². The number of methoxy groups -OCH3 is 1. The van der Waals surface area contributed by atoms with Crippen LogP contribution in [0, 0.1) is 10.8 Å². The van der Waals surface area contributed by atoms with E-state index in [0.29, 0.717) is 13.1 Å². The van der Waals surface area contributed by atoms with Gasteiger partial charge in [0.25, 0.3) is 0 Å². The monoisotopic (exact) mass is 964 g/mol. The topological polar surface area (TPSA) is 209 Å². The highest BCUT2D eigenvalue weighted by atomic mass is 16.7. The molecule has 17 nitrogen and oxygen atoms in total. The number of carbonyl (C=O) groups excluding carboxylic acids is 5. The number of pyridine rings is 1. The smallest absolute Gasteiger partial charge is 0.480 e. The van der Waals surface area contributed by atoms with Gasteiger partial charge in [-0.2, -0.15) is 0 Å². The highest BCUT2D eigenvalue weighted by molar-refractivity contribution is 5.89. The number of aromatic nitrogens is 1. The van der Waals surface area contributed by atoms with Crippen LogP contribution in [0.5, 0.6) is 0 Å². The summed E-state index contributed by atoms with van der Waals surface area (Å²) in [5.41, 5.74) is 2.56. The van der Waals surface area contributed by atoms with E-state index < -0.39 is 83.8 Å². The molecule has 1 aromatic heterocycles. The average Bonchev–Trinajstić information content (AvgIpc) is 3.65. The number of aliphatic carboxylic acids is 1. The van der Waals surface area contributed by atoms with Crippen molar-refractivity contribution in [3.8, 4) is 11.3 Å². The van der Waals surface area contributed by atoms with E-state index in [1.807, 2.05) is 124 Å². The molecule has 5 amide bonds. The lowest BCUT2D eigenvalue weighted by molar-refractivity contribution is -0.144. The Balaban J connectivity index is 1.57. The Kier molecular flexibility index (Phi) is 18.9. The first-order valence-corrected chi connectivity index (χ1v) is 23.5. The van der Waals surface area contributed by atoms with Crippen LogP contribution in [-0.4, -0.2) is 138 Å². The van der Waals surface area contributed by atoms with Gasteiger partial charge in [0, 0.05) is 43.9 Å². The number of nitrogens with one attached hydrogen (secondary N) is 3. The van der Waals surface area contributed by atoms with Crippen molar-refractivity contribution in [2.45, 2.75) is 104 Å². The van der Waals surface area contributed by atoms with Crippen molar-refractivity contribution in [3.63, 3.8) is 0 Å². The molecule has 17 heteroatoms. The number of alkyl carbamates (subject to hydrolysis) is 1. The van der Waals surface area contributed by atoms with E-state index in [-0.39, 0.29) is 31.8 Å². The van der Waals surface area contributed by atoms with Crippen molar-refractivity contribution in [2.75, 3.05) is 40.9 Å². The largest absolute Gasteiger partial charge is 0.508 e. The van der Waals surface area contributed by atoms with Crippen LogP contribution in [0.25, 0.3) is 11.3 Å². The Morgan fingerprint density at radius 3 is 1.91 bits per heavy atom. The Morgan fingerprint density at radius 1 is 0.743 bits per heavy atom. The summed E-state index contributed by atoms with van der Waals surface area (Å²) in [6.45, 7) is 11.5. The number of carboxylic acid groups (broad SMARTS) is 1. The number of amides is 5. The molecule has 1 unspecified atom stereocenters. The van der Waals surface area contributed by atoms with Crippen LogP contribution in [0.1, 0.15) is 64.7 Å². The van der Waals surface area contributed by atoms with E-state index in [4.69, 9.17) is 14.2 Å². The number of benzene rings is 3. The van der Waals surface area contributed by atoms with E-state index >= 15 is 4.79 Å². The van der Waals surface area contributed by atoms with Crippen molar-refractivity contribution in [1.82, 2.24) is 35.6 Å². The molecular weight excluding hydrogens is 895 g/mol. The third-order valence-corrected chi connectivity index (χ3v) is 12.1. The fourth-order valence-electron chi connectivity index (χ4n) is 8.48. The molecule has 4 aromatic rings. The van der Waals surface area contributed by atoms with Crippen LogP contribution in [0.4, 0.5) is 14.4 Å². The van der Waals surface area contributed by atoms with E-state index in [1.54, 1.807) is 36.8 Å². The van der Waals surface area contributed by atoms with Gasteiger partial charge in [-0.05, 0) is 66.6 Å². The summed E-state index contributed by atoms with van der Waals surface area (Å²) in [4.78, 5) is 91.5. The fraction of sp³-hybridized carbons (Fsp3) is 0.453. The molecule has 0 radical (unpaired) electrons. The van der Waals surface area contributed by atoms with Crippen molar-refractivity contribution >= 4 is 36.1 Å². The van der Waals surface area contributed by atoms with Gasteiger partial charge in [0.05, 0.1) is 18.8 Å². The summed E-state index contributed by atoms with van der Waals surface area (Å²) < 4.78 is 16.6. The number of hydrogen-bond acceptors (Lipinski definition) is 11. The van der Waals surface area contributed by atoms with E-state index in [1.165, 1.54) is 26.1 Å². The predicted molar refractivity (Wildman–Crippen MR) is 264 cm³/mol. The van der Waals surface area contributed by atoms with Gasteiger partial charge in [-0.15, -0.1) is 0 Å². The Bertz CT molecular complexity index is 2360. The number of nitrogens with zero attached hydrogens (tertiary/aromatic N) is 4. The third-order valence-electron chi connectivity index (χ3n) is 12.1. The van der Waals surface area contributed by atoms with Gasteiger partial charge < -0.3 is 45.1 Å². The van der Waals surface area contributed by atoms with Gasteiger partial charge in [-0.3, -0.25) is 24.3 Å². The van der Waals surface area contributed by atoms with Crippen LogP contribution < -0.4 is 16.0 Å². The Hall–Kier alpha value is -7.01. The number of urea groups is 1. The second kappa shape index (κ2) is 24.5. The molecule has 1 saturated heterocycles. The minimum absolute atomic E-state index is 0.112. The number of hydrogen-bond donors (Lipinski definition) is 4. The second-order valence-corrected chi connectivity index (χ2v) is 20.0. The molecule has 2 heterocycles. The maximum Gasteiger partial charge on any atom is 0.508 e. The maximum absolute atomic E-state index is 15.1. The molecule has 0 spiro atoms. The van der Waals surface area contributed by atoms with Crippen LogP contribution >= 0.6 is 0 Å². The lowest BCUT2D eigenvalue weighted by Crippen LogP contribution is -2.60. The van der Waals surface area contributed by atoms with Gasteiger partial charge >= 0.3 is 24.2 Å². The van der Waals surface area contributed by atoms with Crippen LogP contribution in [-0.2, 0) is 48.0 Å². The van der Waals surface area contributed by atoms with E-state index in [2.05, 4.69) is 20.9 Å². The summed E-state index contributed by atoms with van der Waals surface area (Å²) in [5, 5.41) is 18.8. The van der Waals surface area contributed by atoms with Crippen LogP contribution in [0.2, 0.25) is 0 Å². The zero-order valence-corrected chi connectivity index (χ0v) is 41.7. The highest BCUT2D eigenvalue weighted by Gasteiger charge is 2.45. The van der Waals surface area contributed by atoms with Crippen LogP contribution in [0.3, 0.4) is 0 Å². The molecule has 0 aliphatic carbocycles. The fourth-order valence-corrected chi connectivity index (χ4v) is 8.48. The quantitative estimate of drug-likeness (QED) is 0.0656. The molecule has 4 N–H and O–H groups in total. The van der Waals surface area contributed by atoms with Crippen molar-refractivity contribution in [1.29, 1.82) is 0 Å². The Morgan fingerprint density at radius 2 is 1.36 bits per heavy atom. The van der Waals surface area contributed by atoms with Gasteiger partial charge in [-0.1, -0.05) is 133 Å². The number of likely N-dealkylation sites (N-methyl/N-ethyl adjacent to an activating group) is 1. The summed E-state index contributed by atoms with van der Waals surface area (Å²) in [7, 11) is 4.28. The normalized spacial score (nSPS) is 15.5. The first-order valence-electron chi connectivity index (χ1n) is 23.5. The highest BCUT2D eigenvalue weighted by Crippen LogP contribution is 2.30. The minimum atomic E-state index is -1.25. The molecule has 3 aromatic carbocycles. The van der Waals surface area contributed by atoms with Gasteiger partial charge in [0.15, 0.2) is 0 Å². The number of carboxylic acids is 1. The molecule has 1 aliphatic heterocycles. The molecule has 376 valence electrons. The molecule has 1 fully saturated rings. The summed E-state index contributed by atoms with van der Waals surface area (Å²) in [5.74, 6) is -2.26. The first kappa shape index (κ1) is 53.9. The lowest BCUT2D eigenvalue weighted by atomic mass is 9.84. The SMILES string of the molecule is COC(=O)N[C@H](C(=O)N[C@@H](Cc1ccc(-c2ccccn2)cc1)C[C@H](OC(=O)OC[C@@H](C(=O)O)N(C)C)C(Cc1ccccc1)NC(=O)[C@@H](N1CCN(Cc2ccccc2)C1=O)C(C)(C)C)C(C)(C)C. The molecule has 0 bridgehead atoms. The minimum Gasteiger partial charge on any atom is -0.480 e.